The molecule has 3 aromatic rings. The van der Waals surface area contributed by atoms with Crippen molar-refractivity contribution in [2.24, 2.45) is 0 Å². The number of methoxy groups -OCH3 is 2. The smallest absolute Gasteiger partial charge is 0.223 e. The summed E-state index contributed by atoms with van der Waals surface area (Å²) in [4.78, 5) is 20.5. The Bertz CT molecular complexity index is 972. The molecule has 1 heterocycles. The van der Waals surface area contributed by atoms with Crippen LogP contribution in [0.1, 0.15) is 6.92 Å². The molecule has 0 bridgehead atoms. The third-order valence-corrected chi connectivity index (χ3v) is 3.88. The molecule has 0 spiro atoms. The number of nitrogens with one attached hydrogen (secondary N) is 2. The summed E-state index contributed by atoms with van der Waals surface area (Å²) in [5, 5.41) is 6.59. The third-order valence-electron chi connectivity index (χ3n) is 3.88. The fraction of sp³-hybridized carbons (Fsp3) is 0.211. The van der Waals surface area contributed by atoms with E-state index < -0.39 is 0 Å². The Balaban J connectivity index is 2.25. The first-order chi connectivity index (χ1) is 12.5. The lowest BCUT2D eigenvalue weighted by atomic mass is 10.0. The van der Waals surface area contributed by atoms with Crippen molar-refractivity contribution < 1.29 is 14.3 Å². The summed E-state index contributed by atoms with van der Waals surface area (Å²) in [5.41, 5.74) is 3.01. The Morgan fingerprint density at radius 3 is 2.42 bits per heavy atom. The number of carbonyl (C=O) groups is 1. The van der Waals surface area contributed by atoms with Crippen LogP contribution in [0.3, 0.4) is 0 Å². The predicted molar refractivity (Wildman–Crippen MR) is 102 cm³/mol. The fourth-order valence-corrected chi connectivity index (χ4v) is 2.74. The molecule has 3 rings (SSSR count). The van der Waals surface area contributed by atoms with Gasteiger partial charge < -0.3 is 20.1 Å². The van der Waals surface area contributed by atoms with Crippen LogP contribution in [0.2, 0.25) is 0 Å². The highest BCUT2D eigenvalue weighted by molar-refractivity contribution is 5.96. The van der Waals surface area contributed by atoms with Crippen molar-refractivity contribution in [3.05, 3.63) is 36.4 Å². The van der Waals surface area contributed by atoms with Crippen LogP contribution in [-0.4, -0.2) is 37.1 Å². The second-order valence-electron chi connectivity index (χ2n) is 5.63. The van der Waals surface area contributed by atoms with Crippen molar-refractivity contribution in [1.29, 1.82) is 0 Å². The molecule has 0 radical (unpaired) electrons. The summed E-state index contributed by atoms with van der Waals surface area (Å²) in [7, 11) is 4.94. The van der Waals surface area contributed by atoms with E-state index in [-0.39, 0.29) is 5.91 Å². The summed E-state index contributed by atoms with van der Waals surface area (Å²) in [6.45, 7) is 1.48. The number of carbonyl (C=O) groups excluding carboxylic acids is 1. The van der Waals surface area contributed by atoms with Crippen LogP contribution in [0.4, 0.5) is 11.6 Å². The Kier molecular flexibility index (Phi) is 4.88. The van der Waals surface area contributed by atoms with E-state index in [1.54, 1.807) is 21.3 Å². The third kappa shape index (κ3) is 3.37. The molecule has 0 saturated carbocycles. The summed E-state index contributed by atoms with van der Waals surface area (Å²) in [6.07, 6.45) is 0. The topological polar surface area (TPSA) is 85.4 Å². The van der Waals surface area contributed by atoms with Crippen LogP contribution in [0.25, 0.3) is 22.2 Å². The summed E-state index contributed by atoms with van der Waals surface area (Å²) < 4.78 is 10.8. The zero-order valence-corrected chi connectivity index (χ0v) is 15.1. The van der Waals surface area contributed by atoms with E-state index in [0.29, 0.717) is 23.1 Å². The first-order valence-corrected chi connectivity index (χ1v) is 8.05. The molecule has 0 aliphatic carbocycles. The average Bonchev–Trinajstić information content (AvgIpc) is 2.65. The molecule has 7 heteroatoms. The zero-order valence-electron chi connectivity index (χ0n) is 15.1. The number of rotatable bonds is 5. The molecule has 0 unspecified atom stereocenters. The SMILES string of the molecule is CNc1nc(-c2cccc(NC(C)=O)c2)c2cc(OC)c(OC)cc2n1. The van der Waals surface area contributed by atoms with Crippen LogP contribution >= 0.6 is 0 Å². The summed E-state index contributed by atoms with van der Waals surface area (Å²) in [5.74, 6) is 1.56. The minimum atomic E-state index is -0.128. The van der Waals surface area contributed by atoms with Crippen molar-refractivity contribution in [3.8, 4) is 22.8 Å². The van der Waals surface area contributed by atoms with Crippen molar-refractivity contribution in [2.75, 3.05) is 31.9 Å². The minimum absolute atomic E-state index is 0.128. The lowest BCUT2D eigenvalue weighted by Gasteiger charge is -2.13. The average molecular weight is 352 g/mol. The molecule has 1 aromatic heterocycles. The lowest BCUT2D eigenvalue weighted by Crippen LogP contribution is -2.05. The molecule has 2 aromatic carbocycles. The lowest BCUT2D eigenvalue weighted by molar-refractivity contribution is -0.114. The van der Waals surface area contributed by atoms with Gasteiger partial charge in [-0.05, 0) is 18.2 Å². The molecular weight excluding hydrogens is 332 g/mol. The highest BCUT2D eigenvalue weighted by atomic mass is 16.5. The van der Waals surface area contributed by atoms with E-state index in [1.165, 1.54) is 6.92 Å². The maximum absolute atomic E-state index is 11.4. The van der Waals surface area contributed by atoms with Gasteiger partial charge in [0.05, 0.1) is 25.4 Å². The highest BCUT2D eigenvalue weighted by Crippen LogP contribution is 2.36. The Hall–Kier alpha value is -3.35. The number of benzene rings is 2. The number of hydrogen-bond acceptors (Lipinski definition) is 6. The molecule has 0 atom stereocenters. The van der Waals surface area contributed by atoms with E-state index in [0.717, 1.165) is 22.2 Å². The van der Waals surface area contributed by atoms with Crippen LogP contribution in [-0.2, 0) is 4.79 Å². The molecular formula is C19H20N4O3. The number of aromatic nitrogens is 2. The standard InChI is InChI=1S/C19H20N4O3/c1-11(24)21-13-7-5-6-12(8-13)18-14-9-16(25-3)17(26-4)10-15(14)22-19(20-2)23-18/h5-10H,1-4H3,(H,21,24)(H,20,22,23). The molecule has 134 valence electrons. The van der Waals surface area contributed by atoms with Gasteiger partial charge in [-0.25, -0.2) is 9.97 Å². The van der Waals surface area contributed by atoms with Gasteiger partial charge in [-0.2, -0.15) is 0 Å². The van der Waals surface area contributed by atoms with Gasteiger partial charge in [-0.1, -0.05) is 12.1 Å². The summed E-state index contributed by atoms with van der Waals surface area (Å²) in [6, 6.07) is 11.2. The van der Waals surface area contributed by atoms with Crippen molar-refractivity contribution in [1.82, 2.24) is 9.97 Å². The molecule has 0 saturated heterocycles. The van der Waals surface area contributed by atoms with Crippen LogP contribution in [0, 0.1) is 0 Å². The normalized spacial score (nSPS) is 10.5. The molecule has 0 fully saturated rings. The van der Waals surface area contributed by atoms with Crippen LogP contribution in [0.15, 0.2) is 36.4 Å². The Morgan fingerprint density at radius 1 is 1.04 bits per heavy atom. The second-order valence-corrected chi connectivity index (χ2v) is 5.63. The maximum atomic E-state index is 11.4. The molecule has 7 nitrogen and oxygen atoms in total. The fourth-order valence-electron chi connectivity index (χ4n) is 2.74. The van der Waals surface area contributed by atoms with Gasteiger partial charge in [0.15, 0.2) is 11.5 Å². The number of anilines is 2. The predicted octanol–water partition coefficient (Wildman–Crippen LogP) is 3.31. The van der Waals surface area contributed by atoms with E-state index in [4.69, 9.17) is 9.47 Å². The van der Waals surface area contributed by atoms with E-state index in [2.05, 4.69) is 20.6 Å². The molecule has 2 N–H and O–H groups in total. The second kappa shape index (κ2) is 7.26. The van der Waals surface area contributed by atoms with Crippen LogP contribution < -0.4 is 20.1 Å². The maximum Gasteiger partial charge on any atom is 0.223 e. The zero-order chi connectivity index (χ0) is 18.7. The number of amides is 1. The number of ether oxygens (including phenoxy) is 2. The molecule has 0 aliphatic heterocycles. The van der Waals surface area contributed by atoms with Crippen molar-refractivity contribution in [2.45, 2.75) is 6.92 Å². The highest BCUT2D eigenvalue weighted by Gasteiger charge is 2.14. The molecule has 26 heavy (non-hydrogen) atoms. The van der Waals surface area contributed by atoms with E-state index >= 15 is 0 Å². The van der Waals surface area contributed by atoms with Gasteiger partial charge in [-0.3, -0.25) is 4.79 Å². The first kappa shape index (κ1) is 17.5. The van der Waals surface area contributed by atoms with Crippen LogP contribution in [0.5, 0.6) is 11.5 Å². The minimum Gasteiger partial charge on any atom is -0.493 e. The van der Waals surface area contributed by atoms with Gasteiger partial charge in [0.2, 0.25) is 11.9 Å². The summed E-state index contributed by atoms with van der Waals surface area (Å²) >= 11 is 0. The number of hydrogen-bond donors (Lipinski definition) is 2. The van der Waals surface area contributed by atoms with Gasteiger partial charge in [0, 0.05) is 36.7 Å². The van der Waals surface area contributed by atoms with Crippen molar-refractivity contribution >= 4 is 28.4 Å². The molecule has 0 aliphatic rings. The van der Waals surface area contributed by atoms with Gasteiger partial charge in [0.25, 0.3) is 0 Å². The number of fused-ring (bicyclic) bond motifs is 1. The van der Waals surface area contributed by atoms with Crippen molar-refractivity contribution in [3.63, 3.8) is 0 Å². The monoisotopic (exact) mass is 352 g/mol. The Labute approximate surface area is 151 Å². The van der Waals surface area contributed by atoms with E-state index in [9.17, 15) is 4.79 Å². The quantitative estimate of drug-likeness (QED) is 0.733. The van der Waals surface area contributed by atoms with Gasteiger partial charge in [0.1, 0.15) is 0 Å². The number of nitrogens with zero attached hydrogens (tertiary/aromatic N) is 2. The Morgan fingerprint density at radius 2 is 1.77 bits per heavy atom. The van der Waals surface area contributed by atoms with E-state index in [1.807, 2.05) is 36.4 Å². The van der Waals surface area contributed by atoms with Gasteiger partial charge >= 0.3 is 0 Å². The molecule has 1 amide bonds. The first-order valence-electron chi connectivity index (χ1n) is 8.05. The van der Waals surface area contributed by atoms with Gasteiger partial charge in [-0.15, -0.1) is 0 Å². The largest absolute Gasteiger partial charge is 0.493 e.